The number of hydrogen-bond acceptors (Lipinski definition) is 6. The molecule has 0 rings (SSSR count). The van der Waals surface area contributed by atoms with E-state index in [-0.39, 0.29) is 19.4 Å². The van der Waals surface area contributed by atoms with Gasteiger partial charge in [0.1, 0.15) is 6.16 Å². The number of hydrogen-bond donors (Lipinski definition) is 0. The summed E-state index contributed by atoms with van der Waals surface area (Å²) in [5.74, 6) is -1.80. The summed E-state index contributed by atoms with van der Waals surface area (Å²) >= 11 is 0. The van der Waals surface area contributed by atoms with E-state index in [0.717, 1.165) is 0 Å². The van der Waals surface area contributed by atoms with Gasteiger partial charge in [-0.25, -0.2) is 0 Å². The SMILES string of the molecule is CCCC(OC)(OC)C(=O)CP(=O)(OCC)OCC. The Bertz CT molecular complexity index is 303. The van der Waals surface area contributed by atoms with Crippen LogP contribution in [-0.4, -0.2) is 45.2 Å². The molecule has 0 aromatic carbocycles. The third-order valence-corrected chi connectivity index (χ3v) is 4.63. The van der Waals surface area contributed by atoms with Gasteiger partial charge in [-0.15, -0.1) is 0 Å². The van der Waals surface area contributed by atoms with Gasteiger partial charge < -0.3 is 18.5 Å². The maximum absolute atomic E-state index is 12.3. The van der Waals surface area contributed by atoms with Crippen LogP contribution < -0.4 is 0 Å². The van der Waals surface area contributed by atoms with Crippen molar-refractivity contribution in [2.75, 3.05) is 33.6 Å². The van der Waals surface area contributed by atoms with Crippen LogP contribution in [0.1, 0.15) is 33.6 Å². The molecule has 0 aliphatic heterocycles. The molecule has 0 aliphatic rings. The van der Waals surface area contributed by atoms with E-state index in [1.54, 1.807) is 13.8 Å². The summed E-state index contributed by atoms with van der Waals surface area (Å²) in [7, 11) is -0.647. The summed E-state index contributed by atoms with van der Waals surface area (Å²) in [5.41, 5.74) is 0. The first kappa shape index (κ1) is 18.7. The Balaban J connectivity index is 5.00. The Kier molecular flexibility index (Phi) is 8.70. The van der Waals surface area contributed by atoms with Crippen LogP contribution in [0.15, 0.2) is 0 Å². The molecular formula is C12H25O6P. The zero-order valence-corrected chi connectivity index (χ0v) is 13.3. The van der Waals surface area contributed by atoms with Crippen molar-refractivity contribution < 1.29 is 27.9 Å². The van der Waals surface area contributed by atoms with Crippen LogP contribution in [0.3, 0.4) is 0 Å². The molecule has 0 unspecified atom stereocenters. The van der Waals surface area contributed by atoms with Gasteiger partial charge in [-0.3, -0.25) is 9.36 Å². The number of rotatable bonds is 11. The predicted octanol–water partition coefficient (Wildman–Crippen LogP) is 2.61. The van der Waals surface area contributed by atoms with Gasteiger partial charge in [-0.2, -0.15) is 0 Å². The van der Waals surface area contributed by atoms with Crippen LogP contribution >= 0.6 is 7.60 Å². The van der Waals surface area contributed by atoms with Gasteiger partial charge >= 0.3 is 7.60 Å². The van der Waals surface area contributed by atoms with E-state index >= 15 is 0 Å². The number of carbonyl (C=O) groups is 1. The van der Waals surface area contributed by atoms with Crippen molar-refractivity contribution in [2.24, 2.45) is 0 Å². The molecule has 0 fully saturated rings. The molecule has 0 amide bonds. The lowest BCUT2D eigenvalue weighted by molar-refractivity contribution is -0.208. The van der Waals surface area contributed by atoms with Crippen molar-refractivity contribution in [3.63, 3.8) is 0 Å². The highest BCUT2D eigenvalue weighted by molar-refractivity contribution is 7.54. The number of ketones is 1. The van der Waals surface area contributed by atoms with Crippen LogP contribution in [0.2, 0.25) is 0 Å². The summed E-state index contributed by atoms with van der Waals surface area (Å²) in [4.78, 5) is 12.3. The van der Waals surface area contributed by atoms with Crippen molar-refractivity contribution in [3.8, 4) is 0 Å². The van der Waals surface area contributed by atoms with Crippen LogP contribution in [0.5, 0.6) is 0 Å². The van der Waals surface area contributed by atoms with E-state index in [2.05, 4.69) is 0 Å². The topological polar surface area (TPSA) is 71.1 Å². The molecule has 6 nitrogen and oxygen atoms in total. The van der Waals surface area contributed by atoms with E-state index in [4.69, 9.17) is 18.5 Å². The summed E-state index contributed by atoms with van der Waals surface area (Å²) in [6.45, 7) is 5.73. The first-order chi connectivity index (χ1) is 8.93. The number of methoxy groups -OCH3 is 2. The lowest BCUT2D eigenvalue weighted by Crippen LogP contribution is -2.44. The lowest BCUT2D eigenvalue weighted by atomic mass is 10.1. The van der Waals surface area contributed by atoms with Crippen molar-refractivity contribution in [2.45, 2.75) is 39.4 Å². The number of Topliss-reactive ketones (excluding diaryl/α,β-unsaturated/α-hetero) is 1. The molecule has 19 heavy (non-hydrogen) atoms. The average molecular weight is 296 g/mol. The van der Waals surface area contributed by atoms with E-state index in [1.807, 2.05) is 6.92 Å². The van der Waals surface area contributed by atoms with Crippen LogP contribution in [0, 0.1) is 0 Å². The predicted molar refractivity (Wildman–Crippen MR) is 72.4 cm³/mol. The second-order valence-corrected chi connectivity index (χ2v) is 5.99. The minimum absolute atomic E-state index is 0.214. The van der Waals surface area contributed by atoms with Crippen LogP contribution in [0.4, 0.5) is 0 Å². The molecule has 0 radical (unpaired) electrons. The van der Waals surface area contributed by atoms with E-state index in [9.17, 15) is 9.36 Å². The molecule has 0 saturated heterocycles. The molecule has 7 heteroatoms. The van der Waals surface area contributed by atoms with Gasteiger partial charge in [0.25, 0.3) is 0 Å². The normalized spacial score (nSPS) is 12.7. The molecule has 0 spiro atoms. The summed E-state index contributed by atoms with van der Waals surface area (Å²) in [5, 5.41) is 0. The fraction of sp³-hybridized carbons (Fsp3) is 0.917. The zero-order chi connectivity index (χ0) is 14.9. The van der Waals surface area contributed by atoms with Crippen molar-refractivity contribution in [1.29, 1.82) is 0 Å². The molecule has 114 valence electrons. The molecule has 0 atom stereocenters. The molecule has 0 aromatic heterocycles. The molecule has 0 aliphatic carbocycles. The van der Waals surface area contributed by atoms with Gasteiger partial charge in [0.05, 0.1) is 13.2 Å². The Labute approximate surface area is 115 Å². The number of carbonyl (C=O) groups excluding carboxylic acids is 1. The van der Waals surface area contributed by atoms with Crippen molar-refractivity contribution in [1.82, 2.24) is 0 Å². The van der Waals surface area contributed by atoms with E-state index in [1.165, 1.54) is 14.2 Å². The molecule has 0 saturated carbocycles. The fourth-order valence-corrected chi connectivity index (χ4v) is 3.44. The summed E-state index contributed by atoms with van der Waals surface area (Å²) in [6.07, 6.45) is 0.731. The van der Waals surface area contributed by atoms with E-state index < -0.39 is 19.2 Å². The highest BCUT2D eigenvalue weighted by atomic mass is 31.2. The Morgan fingerprint density at radius 1 is 1.05 bits per heavy atom. The molecular weight excluding hydrogens is 271 g/mol. The first-order valence-electron chi connectivity index (χ1n) is 6.45. The minimum Gasteiger partial charge on any atom is -0.347 e. The minimum atomic E-state index is -3.43. The fourth-order valence-electron chi connectivity index (χ4n) is 1.80. The van der Waals surface area contributed by atoms with Gasteiger partial charge in [0.2, 0.25) is 11.6 Å². The maximum Gasteiger partial charge on any atom is 0.338 e. The maximum atomic E-state index is 12.3. The highest BCUT2D eigenvalue weighted by Gasteiger charge is 2.42. The van der Waals surface area contributed by atoms with Gasteiger partial charge in [0.15, 0.2) is 0 Å². The van der Waals surface area contributed by atoms with Crippen molar-refractivity contribution >= 4 is 13.4 Å². The highest BCUT2D eigenvalue weighted by Crippen LogP contribution is 2.49. The third-order valence-electron chi connectivity index (χ3n) is 2.65. The quantitative estimate of drug-likeness (QED) is 0.431. The van der Waals surface area contributed by atoms with Crippen LogP contribution in [-0.2, 0) is 27.9 Å². The summed E-state index contributed by atoms with van der Waals surface area (Å²) in [6, 6.07) is 0. The van der Waals surface area contributed by atoms with Gasteiger partial charge in [-0.05, 0) is 13.8 Å². The number of ether oxygens (including phenoxy) is 2. The van der Waals surface area contributed by atoms with Gasteiger partial charge in [-0.1, -0.05) is 13.3 Å². The first-order valence-corrected chi connectivity index (χ1v) is 8.18. The summed E-state index contributed by atoms with van der Waals surface area (Å²) < 4.78 is 32.9. The molecule has 0 aromatic rings. The van der Waals surface area contributed by atoms with E-state index in [0.29, 0.717) is 12.8 Å². The second kappa shape index (κ2) is 8.82. The monoisotopic (exact) mass is 296 g/mol. The standard InChI is InChI=1S/C12H25O6P/c1-6-9-12(15-4,16-5)11(13)10-19(14,17-7-2)18-8-3/h6-10H2,1-5H3. The Morgan fingerprint density at radius 2 is 1.53 bits per heavy atom. The lowest BCUT2D eigenvalue weighted by Gasteiger charge is -2.30. The zero-order valence-electron chi connectivity index (χ0n) is 12.4. The molecule has 0 heterocycles. The smallest absolute Gasteiger partial charge is 0.338 e. The third kappa shape index (κ3) is 5.32. The van der Waals surface area contributed by atoms with Crippen molar-refractivity contribution in [3.05, 3.63) is 0 Å². The van der Waals surface area contributed by atoms with Gasteiger partial charge in [0, 0.05) is 20.6 Å². The largest absolute Gasteiger partial charge is 0.347 e. The molecule has 0 bridgehead atoms. The Morgan fingerprint density at radius 3 is 1.84 bits per heavy atom. The second-order valence-electron chi connectivity index (χ2n) is 3.94. The average Bonchev–Trinajstić information content (AvgIpc) is 2.36. The Hall–Kier alpha value is -0.260. The molecule has 0 N–H and O–H groups in total. The van der Waals surface area contributed by atoms with Crippen LogP contribution in [0.25, 0.3) is 0 Å².